The van der Waals surface area contributed by atoms with E-state index in [2.05, 4.69) is 20.6 Å². The number of aromatic nitrogens is 4. The fourth-order valence-electron chi connectivity index (χ4n) is 2.71. The number of carbonyl (C=O) groups excluding carboxylic acids is 1. The molecular formula is C14H16N6O. The standard InChI is InChI=1S/C14H16N6O/c21-14(13-9-20(18-17-13)11-6-15-7-11)19-5-3-12-10(8-19)2-1-4-16-12/h1-2,4,9,11,15H,3,5-8H2. The number of hydrogen-bond donors (Lipinski definition) is 1. The van der Waals surface area contributed by atoms with Crippen molar-refractivity contribution in [3.8, 4) is 0 Å². The predicted octanol–water partition coefficient (Wildman–Crippen LogP) is 0.0159. The molecule has 7 nitrogen and oxygen atoms in total. The van der Waals surface area contributed by atoms with Crippen LogP contribution in [0.5, 0.6) is 0 Å². The van der Waals surface area contributed by atoms with E-state index in [1.165, 1.54) is 0 Å². The van der Waals surface area contributed by atoms with Gasteiger partial charge in [0.1, 0.15) is 0 Å². The largest absolute Gasteiger partial charge is 0.332 e. The van der Waals surface area contributed by atoms with Crippen molar-refractivity contribution in [3.05, 3.63) is 41.5 Å². The summed E-state index contributed by atoms with van der Waals surface area (Å²) in [5.74, 6) is -0.0527. The van der Waals surface area contributed by atoms with Crippen molar-refractivity contribution in [1.82, 2.24) is 30.2 Å². The lowest BCUT2D eigenvalue weighted by atomic mass is 10.1. The van der Waals surface area contributed by atoms with Gasteiger partial charge in [-0.2, -0.15) is 0 Å². The molecule has 1 fully saturated rings. The normalized spacial score (nSPS) is 18.2. The molecule has 1 N–H and O–H groups in total. The topological polar surface area (TPSA) is 75.9 Å². The summed E-state index contributed by atoms with van der Waals surface area (Å²) in [7, 11) is 0. The van der Waals surface area contributed by atoms with E-state index < -0.39 is 0 Å². The number of fused-ring (bicyclic) bond motifs is 1. The van der Waals surface area contributed by atoms with Crippen LogP contribution >= 0.6 is 0 Å². The van der Waals surface area contributed by atoms with Crippen LogP contribution in [0.4, 0.5) is 0 Å². The molecule has 4 rings (SSSR count). The van der Waals surface area contributed by atoms with E-state index >= 15 is 0 Å². The molecule has 0 atom stereocenters. The molecule has 2 aromatic heterocycles. The van der Waals surface area contributed by atoms with Crippen molar-refractivity contribution < 1.29 is 4.79 Å². The van der Waals surface area contributed by atoms with E-state index in [0.29, 0.717) is 24.8 Å². The minimum atomic E-state index is -0.0527. The molecule has 108 valence electrons. The second-order valence-corrected chi connectivity index (χ2v) is 5.48. The molecule has 21 heavy (non-hydrogen) atoms. The van der Waals surface area contributed by atoms with Crippen molar-refractivity contribution in [1.29, 1.82) is 0 Å². The van der Waals surface area contributed by atoms with Crippen molar-refractivity contribution in [2.75, 3.05) is 19.6 Å². The predicted molar refractivity (Wildman–Crippen MR) is 74.6 cm³/mol. The summed E-state index contributed by atoms with van der Waals surface area (Å²) < 4.78 is 1.78. The molecule has 0 saturated carbocycles. The maximum Gasteiger partial charge on any atom is 0.276 e. The van der Waals surface area contributed by atoms with E-state index in [1.807, 2.05) is 17.0 Å². The maximum absolute atomic E-state index is 12.5. The highest BCUT2D eigenvalue weighted by molar-refractivity contribution is 5.92. The van der Waals surface area contributed by atoms with Gasteiger partial charge in [-0.3, -0.25) is 9.78 Å². The van der Waals surface area contributed by atoms with Gasteiger partial charge in [-0.05, 0) is 11.6 Å². The van der Waals surface area contributed by atoms with E-state index in [-0.39, 0.29) is 5.91 Å². The molecule has 2 aliphatic rings. The Kier molecular flexibility index (Phi) is 2.92. The molecule has 0 radical (unpaired) electrons. The molecule has 1 saturated heterocycles. The number of amides is 1. The van der Waals surface area contributed by atoms with Crippen molar-refractivity contribution in [2.45, 2.75) is 19.0 Å². The second kappa shape index (κ2) is 4.92. The lowest BCUT2D eigenvalue weighted by Gasteiger charge is -2.27. The van der Waals surface area contributed by atoms with E-state index in [4.69, 9.17) is 0 Å². The third-order valence-electron chi connectivity index (χ3n) is 4.11. The summed E-state index contributed by atoms with van der Waals surface area (Å²) in [4.78, 5) is 18.7. The maximum atomic E-state index is 12.5. The summed E-state index contributed by atoms with van der Waals surface area (Å²) >= 11 is 0. The second-order valence-electron chi connectivity index (χ2n) is 5.48. The quantitative estimate of drug-likeness (QED) is 0.841. The number of carbonyl (C=O) groups is 1. The van der Waals surface area contributed by atoms with Gasteiger partial charge in [-0.15, -0.1) is 5.10 Å². The van der Waals surface area contributed by atoms with E-state index in [9.17, 15) is 4.79 Å². The Balaban J connectivity index is 1.51. The van der Waals surface area contributed by atoms with E-state index in [1.54, 1.807) is 17.1 Å². The SMILES string of the molecule is O=C(c1cn(C2CNC2)nn1)N1CCc2ncccc2C1. The highest BCUT2D eigenvalue weighted by Crippen LogP contribution is 2.18. The van der Waals surface area contributed by atoms with Crippen molar-refractivity contribution in [3.63, 3.8) is 0 Å². The van der Waals surface area contributed by atoms with Crippen LogP contribution in [0.25, 0.3) is 0 Å². The van der Waals surface area contributed by atoms with Crippen molar-refractivity contribution in [2.24, 2.45) is 0 Å². The Morgan fingerprint density at radius 1 is 1.38 bits per heavy atom. The third-order valence-corrected chi connectivity index (χ3v) is 4.11. The summed E-state index contributed by atoms with van der Waals surface area (Å²) in [6, 6.07) is 4.26. The highest BCUT2D eigenvalue weighted by Gasteiger charge is 2.26. The Hall–Kier alpha value is -2.28. The summed E-state index contributed by atoms with van der Waals surface area (Å²) in [5, 5.41) is 11.3. The average molecular weight is 284 g/mol. The third kappa shape index (κ3) is 2.19. The number of nitrogens with zero attached hydrogens (tertiary/aromatic N) is 5. The lowest BCUT2D eigenvalue weighted by Crippen LogP contribution is -2.43. The van der Waals surface area contributed by atoms with Gasteiger partial charge < -0.3 is 10.2 Å². The summed E-state index contributed by atoms with van der Waals surface area (Å²) in [5.41, 5.74) is 2.63. The molecule has 0 spiro atoms. The smallest absolute Gasteiger partial charge is 0.276 e. The van der Waals surface area contributed by atoms with Gasteiger partial charge >= 0.3 is 0 Å². The van der Waals surface area contributed by atoms with Gasteiger partial charge in [-0.25, -0.2) is 4.68 Å². The van der Waals surface area contributed by atoms with Crippen LogP contribution in [-0.4, -0.2) is 50.4 Å². The first-order chi connectivity index (χ1) is 10.3. The summed E-state index contributed by atoms with van der Waals surface area (Å²) in [6.45, 7) is 3.06. The number of hydrogen-bond acceptors (Lipinski definition) is 5. The zero-order valence-corrected chi connectivity index (χ0v) is 11.6. The minimum absolute atomic E-state index is 0.0527. The minimum Gasteiger partial charge on any atom is -0.332 e. The van der Waals surface area contributed by atoms with Gasteiger partial charge in [0.05, 0.1) is 12.2 Å². The Morgan fingerprint density at radius 3 is 3.10 bits per heavy atom. The first kappa shape index (κ1) is 12.5. The van der Waals surface area contributed by atoms with Crippen molar-refractivity contribution >= 4 is 5.91 Å². The molecule has 4 heterocycles. The summed E-state index contributed by atoms with van der Waals surface area (Å²) in [6.07, 6.45) is 4.35. The molecular weight excluding hydrogens is 268 g/mol. The Morgan fingerprint density at radius 2 is 2.29 bits per heavy atom. The van der Waals surface area contributed by atoms with Crippen LogP contribution in [0.15, 0.2) is 24.5 Å². The number of rotatable bonds is 2. The van der Waals surface area contributed by atoms with Gasteiger partial charge in [0, 0.05) is 44.5 Å². The molecule has 0 unspecified atom stereocenters. The Labute approximate surface area is 122 Å². The zero-order chi connectivity index (χ0) is 14.2. The average Bonchev–Trinajstić information content (AvgIpc) is 2.93. The van der Waals surface area contributed by atoms with E-state index in [0.717, 1.165) is 30.8 Å². The van der Waals surface area contributed by atoms with Crippen LogP contribution in [0.3, 0.4) is 0 Å². The van der Waals surface area contributed by atoms with Crippen LogP contribution in [-0.2, 0) is 13.0 Å². The Bertz CT molecular complexity index is 678. The number of nitrogens with one attached hydrogen (secondary N) is 1. The monoisotopic (exact) mass is 284 g/mol. The molecule has 2 aromatic rings. The molecule has 0 aliphatic carbocycles. The number of pyridine rings is 1. The van der Waals surface area contributed by atoms with Crippen LogP contribution in [0.1, 0.15) is 27.8 Å². The molecule has 0 bridgehead atoms. The van der Waals surface area contributed by atoms with Crippen LogP contribution < -0.4 is 5.32 Å². The molecule has 7 heteroatoms. The van der Waals surface area contributed by atoms with Gasteiger partial charge in [0.15, 0.2) is 5.69 Å². The molecule has 2 aliphatic heterocycles. The molecule has 1 amide bonds. The first-order valence-corrected chi connectivity index (χ1v) is 7.16. The van der Waals surface area contributed by atoms with Gasteiger partial charge in [-0.1, -0.05) is 11.3 Å². The lowest BCUT2D eigenvalue weighted by molar-refractivity contribution is 0.0727. The fraction of sp³-hybridized carbons (Fsp3) is 0.429. The molecule has 0 aromatic carbocycles. The van der Waals surface area contributed by atoms with Crippen LogP contribution in [0, 0.1) is 0 Å². The van der Waals surface area contributed by atoms with Crippen LogP contribution in [0.2, 0.25) is 0 Å². The van der Waals surface area contributed by atoms with Gasteiger partial charge in [0.25, 0.3) is 5.91 Å². The highest BCUT2D eigenvalue weighted by atomic mass is 16.2. The fourth-order valence-corrected chi connectivity index (χ4v) is 2.71. The zero-order valence-electron chi connectivity index (χ0n) is 11.6. The first-order valence-electron chi connectivity index (χ1n) is 7.16. The van der Waals surface area contributed by atoms with Gasteiger partial charge in [0.2, 0.25) is 0 Å².